The maximum Gasteiger partial charge on any atom is 0.326 e. The molecule has 20 heteroatoms. The van der Waals surface area contributed by atoms with E-state index in [1.807, 2.05) is 0 Å². The van der Waals surface area contributed by atoms with Gasteiger partial charge in [0.1, 0.15) is 30.2 Å². The third-order valence-electron chi connectivity index (χ3n) is 8.07. The van der Waals surface area contributed by atoms with E-state index in [2.05, 4.69) is 37.2 Å². The summed E-state index contributed by atoms with van der Waals surface area (Å²) in [6.45, 7) is 9.00. The van der Waals surface area contributed by atoms with Crippen molar-refractivity contribution in [2.75, 3.05) is 13.1 Å². The smallest absolute Gasteiger partial charge is 0.326 e. The number of hydrogen-bond donors (Lipinski definition) is 10. The van der Waals surface area contributed by atoms with E-state index in [-0.39, 0.29) is 24.7 Å². The van der Waals surface area contributed by atoms with Crippen LogP contribution in [0.1, 0.15) is 59.9 Å². The van der Waals surface area contributed by atoms with E-state index in [0.717, 1.165) is 6.08 Å². The van der Waals surface area contributed by atoms with Gasteiger partial charge in [0, 0.05) is 18.6 Å². The zero-order chi connectivity index (χ0) is 43.4. The van der Waals surface area contributed by atoms with Gasteiger partial charge in [-0.1, -0.05) is 71.9 Å². The van der Waals surface area contributed by atoms with Gasteiger partial charge in [-0.2, -0.15) is 0 Å². The molecule has 1 rings (SSSR count). The fourth-order valence-corrected chi connectivity index (χ4v) is 5.12. The van der Waals surface area contributed by atoms with Crippen LogP contribution in [0.2, 0.25) is 0 Å². The number of benzene rings is 1. The fourth-order valence-electron chi connectivity index (χ4n) is 5.12. The summed E-state index contributed by atoms with van der Waals surface area (Å²) in [5.74, 6) is -9.93. The highest BCUT2D eigenvalue weighted by molar-refractivity contribution is 6.01. The molecule has 0 unspecified atom stereocenters. The zero-order valence-electron chi connectivity index (χ0n) is 32.9. The van der Waals surface area contributed by atoms with E-state index in [9.17, 15) is 53.1 Å². The van der Waals surface area contributed by atoms with Gasteiger partial charge in [0.15, 0.2) is 0 Å². The van der Waals surface area contributed by atoms with Crippen molar-refractivity contribution in [1.82, 2.24) is 37.2 Å². The normalized spacial score (nSPS) is 13.7. The number of carbonyl (C=O) groups is 10. The van der Waals surface area contributed by atoms with Crippen LogP contribution >= 0.6 is 0 Å². The van der Waals surface area contributed by atoms with E-state index in [4.69, 9.17) is 11.5 Å². The molecule has 0 aliphatic carbocycles. The van der Waals surface area contributed by atoms with Crippen LogP contribution in [0, 0.1) is 17.8 Å². The third kappa shape index (κ3) is 19.2. The molecule has 5 atom stereocenters. The number of aliphatic carboxylic acids is 1. The quantitative estimate of drug-likeness (QED) is 0.0478. The van der Waals surface area contributed by atoms with Crippen LogP contribution in [0.15, 0.2) is 42.5 Å². The molecule has 0 heterocycles. The summed E-state index contributed by atoms with van der Waals surface area (Å²) in [5.41, 5.74) is 11.4. The number of carboxylic acids is 1. The Morgan fingerprint density at radius 2 is 1.16 bits per heavy atom. The minimum atomic E-state index is -1.60. The second-order valence-corrected chi connectivity index (χ2v) is 14.3. The van der Waals surface area contributed by atoms with Crippen LogP contribution in [0.4, 0.5) is 0 Å². The van der Waals surface area contributed by atoms with Gasteiger partial charge in [-0.15, -0.1) is 0 Å². The van der Waals surface area contributed by atoms with Crippen LogP contribution in [0.3, 0.4) is 0 Å². The van der Waals surface area contributed by atoms with Crippen molar-refractivity contribution < 1.29 is 53.1 Å². The van der Waals surface area contributed by atoms with E-state index in [0.29, 0.717) is 11.6 Å². The molecular weight excluding hydrogens is 746 g/mol. The highest BCUT2D eigenvalue weighted by Gasteiger charge is 2.33. The summed E-state index contributed by atoms with van der Waals surface area (Å²) in [4.78, 5) is 124. The summed E-state index contributed by atoms with van der Waals surface area (Å²) < 4.78 is 0. The molecule has 0 bridgehead atoms. The van der Waals surface area contributed by atoms with Crippen molar-refractivity contribution in [3.63, 3.8) is 0 Å². The molecular formula is C37H55N9O11. The molecule has 0 aromatic heterocycles. The van der Waals surface area contributed by atoms with Crippen LogP contribution in [0.25, 0.3) is 0 Å². The Hall–Kier alpha value is -6.34. The minimum absolute atomic E-state index is 0.0105. The Balaban J connectivity index is 2.83. The predicted molar refractivity (Wildman–Crippen MR) is 205 cm³/mol. The Bertz CT molecular complexity index is 1650. The number of carbonyl (C=O) groups excluding carboxylic acids is 9. The van der Waals surface area contributed by atoms with Gasteiger partial charge in [-0.25, -0.2) is 4.79 Å². The lowest BCUT2D eigenvalue weighted by atomic mass is 9.98. The van der Waals surface area contributed by atoms with E-state index in [1.165, 1.54) is 0 Å². The van der Waals surface area contributed by atoms with Gasteiger partial charge in [0.05, 0.1) is 19.5 Å². The summed E-state index contributed by atoms with van der Waals surface area (Å²) >= 11 is 0. The summed E-state index contributed by atoms with van der Waals surface area (Å²) in [6, 6.07) is 2.35. The Morgan fingerprint density at radius 3 is 1.68 bits per heavy atom. The maximum absolute atomic E-state index is 13.4. The molecule has 0 spiro atoms. The predicted octanol–water partition coefficient (Wildman–Crippen LogP) is -2.75. The van der Waals surface area contributed by atoms with Crippen LogP contribution in [0.5, 0.6) is 0 Å². The van der Waals surface area contributed by atoms with Crippen molar-refractivity contribution in [2.45, 2.75) is 91.0 Å². The van der Waals surface area contributed by atoms with Gasteiger partial charge < -0.3 is 53.8 Å². The molecule has 0 aliphatic rings. The second-order valence-electron chi connectivity index (χ2n) is 14.3. The second kappa shape index (κ2) is 24.2. The first-order valence-electron chi connectivity index (χ1n) is 18.2. The Morgan fingerprint density at radius 1 is 0.614 bits per heavy atom. The van der Waals surface area contributed by atoms with Crippen molar-refractivity contribution >= 4 is 59.1 Å². The first-order valence-corrected chi connectivity index (χ1v) is 18.2. The van der Waals surface area contributed by atoms with Crippen molar-refractivity contribution in [2.24, 2.45) is 29.2 Å². The standard InChI is InChI=1S/C37H55N9O11/c1-19(2)14-23(35(54)46-32(21(5)6)36(55)45-31(20(3)4)33(39)52)44-34(53)24(16-26(38)47)42-28(49)13-12-27(48)40-17-29(50)41-18-30(51)43-25(37(56)57)15-22-10-8-7-9-11-22/h7-13,19-21,23-25,31-32H,14-18H2,1-6H3,(H2,38,47)(H2,39,52)(H,40,48)(H,41,50)(H,42,49)(H,43,51)(H,44,53)(H,45,55)(H,46,54)(H,56,57)/b13-12+/t23-,24-,25-,31-,32-/m0/s1. The van der Waals surface area contributed by atoms with E-state index in [1.54, 1.807) is 71.9 Å². The fraction of sp³-hybridized carbons (Fsp3) is 0.514. The van der Waals surface area contributed by atoms with Crippen LogP contribution < -0.4 is 48.7 Å². The van der Waals surface area contributed by atoms with Gasteiger partial charge in [0.2, 0.25) is 53.2 Å². The Labute approximate surface area is 330 Å². The molecule has 0 fully saturated rings. The summed E-state index contributed by atoms with van der Waals surface area (Å²) in [5, 5.41) is 26.0. The van der Waals surface area contributed by atoms with Gasteiger partial charge in [-0.3, -0.25) is 43.2 Å². The molecule has 0 aliphatic heterocycles. The largest absolute Gasteiger partial charge is 0.480 e. The van der Waals surface area contributed by atoms with Gasteiger partial charge in [-0.05, 0) is 29.7 Å². The molecule has 314 valence electrons. The van der Waals surface area contributed by atoms with Crippen molar-refractivity contribution in [1.29, 1.82) is 0 Å². The lowest BCUT2D eigenvalue weighted by molar-refractivity contribution is -0.141. The number of nitrogens with two attached hydrogens (primary N) is 2. The SMILES string of the molecule is CC(C)C[C@H](NC(=O)[C@H](CC(N)=O)NC(=O)/C=C/C(=O)NCC(=O)NCC(=O)N[C@@H](Cc1ccccc1)C(=O)O)C(=O)N[C@H](C(=O)N[C@H](C(N)=O)C(C)C)C(C)C. The summed E-state index contributed by atoms with van der Waals surface area (Å²) in [7, 11) is 0. The number of rotatable bonds is 24. The van der Waals surface area contributed by atoms with Crippen molar-refractivity contribution in [3.05, 3.63) is 48.0 Å². The van der Waals surface area contributed by atoms with Crippen molar-refractivity contribution in [3.8, 4) is 0 Å². The first kappa shape index (κ1) is 48.7. The van der Waals surface area contributed by atoms with Gasteiger partial charge in [0.25, 0.3) is 0 Å². The number of nitrogens with one attached hydrogen (secondary N) is 7. The molecule has 20 nitrogen and oxygen atoms in total. The summed E-state index contributed by atoms with van der Waals surface area (Å²) in [6.07, 6.45) is 0.829. The lowest BCUT2D eigenvalue weighted by Gasteiger charge is -2.29. The van der Waals surface area contributed by atoms with Crippen LogP contribution in [-0.2, 0) is 54.4 Å². The molecule has 1 aromatic carbocycles. The lowest BCUT2D eigenvalue weighted by Crippen LogP contribution is -2.60. The topological polar surface area (TPSA) is 327 Å². The number of hydrogen-bond acceptors (Lipinski definition) is 10. The van der Waals surface area contributed by atoms with Crippen LogP contribution in [-0.4, -0.2) is 108 Å². The molecule has 1 aromatic rings. The van der Waals surface area contributed by atoms with Gasteiger partial charge >= 0.3 is 5.97 Å². The first-order chi connectivity index (χ1) is 26.6. The molecule has 57 heavy (non-hydrogen) atoms. The minimum Gasteiger partial charge on any atom is -0.480 e. The monoisotopic (exact) mass is 801 g/mol. The third-order valence-corrected chi connectivity index (χ3v) is 8.07. The number of carboxylic acid groups (broad SMARTS) is 1. The average Bonchev–Trinajstić information content (AvgIpc) is 3.11. The van der Waals surface area contributed by atoms with E-state index >= 15 is 0 Å². The molecule has 12 N–H and O–H groups in total. The highest BCUT2D eigenvalue weighted by atomic mass is 16.4. The molecule has 0 radical (unpaired) electrons. The molecule has 0 saturated carbocycles. The highest BCUT2D eigenvalue weighted by Crippen LogP contribution is 2.10. The zero-order valence-corrected chi connectivity index (χ0v) is 32.9. The maximum atomic E-state index is 13.4. The number of amides is 9. The Kier molecular flexibility index (Phi) is 20.7. The molecule has 9 amide bonds. The average molecular weight is 802 g/mol. The number of primary amides is 2. The van der Waals surface area contributed by atoms with E-state index < -0.39 is 115 Å². The molecule has 0 saturated heterocycles.